The lowest BCUT2D eigenvalue weighted by molar-refractivity contribution is -0.123. The van der Waals surface area contributed by atoms with E-state index in [1.165, 1.54) is 44.9 Å². The molecular weight excluding hydrogens is 236 g/mol. The minimum Gasteiger partial charge on any atom is -0.353 e. The Morgan fingerprint density at radius 3 is 2.68 bits per heavy atom. The first-order valence-corrected chi connectivity index (χ1v) is 8.24. The lowest BCUT2D eigenvalue weighted by atomic mass is 9.82. The van der Waals surface area contributed by atoms with E-state index in [9.17, 15) is 4.79 Å². The first kappa shape index (κ1) is 14.8. The molecule has 19 heavy (non-hydrogen) atoms. The summed E-state index contributed by atoms with van der Waals surface area (Å²) in [6.45, 7) is 2.25. The molecule has 0 aromatic heterocycles. The summed E-state index contributed by atoms with van der Waals surface area (Å²) < 4.78 is 0. The van der Waals surface area contributed by atoms with Gasteiger partial charge < -0.3 is 11.1 Å². The van der Waals surface area contributed by atoms with E-state index in [0.717, 1.165) is 12.8 Å². The SMILES string of the molecule is CCC1CCCCC1NC(=O)CC1CCCC(N)C1. The van der Waals surface area contributed by atoms with Gasteiger partial charge in [-0.1, -0.05) is 32.6 Å². The van der Waals surface area contributed by atoms with E-state index in [1.54, 1.807) is 0 Å². The maximum Gasteiger partial charge on any atom is 0.220 e. The van der Waals surface area contributed by atoms with E-state index >= 15 is 0 Å². The van der Waals surface area contributed by atoms with Crippen LogP contribution in [-0.2, 0) is 4.79 Å². The molecule has 0 aliphatic heterocycles. The summed E-state index contributed by atoms with van der Waals surface area (Å²) in [4.78, 5) is 12.2. The Labute approximate surface area is 117 Å². The lowest BCUT2D eigenvalue weighted by Gasteiger charge is -2.32. The lowest BCUT2D eigenvalue weighted by Crippen LogP contribution is -2.43. The van der Waals surface area contributed by atoms with Crippen molar-refractivity contribution in [2.75, 3.05) is 0 Å². The molecule has 3 nitrogen and oxygen atoms in total. The Hall–Kier alpha value is -0.570. The highest BCUT2D eigenvalue weighted by Crippen LogP contribution is 2.28. The minimum absolute atomic E-state index is 0.268. The molecule has 4 atom stereocenters. The van der Waals surface area contributed by atoms with Crippen LogP contribution in [0, 0.1) is 11.8 Å². The summed E-state index contributed by atoms with van der Waals surface area (Å²) in [6.07, 6.45) is 11.5. The molecule has 2 rings (SSSR count). The van der Waals surface area contributed by atoms with Crippen LogP contribution in [0.2, 0.25) is 0 Å². The Morgan fingerprint density at radius 2 is 1.95 bits per heavy atom. The molecule has 0 bridgehead atoms. The zero-order valence-corrected chi connectivity index (χ0v) is 12.4. The van der Waals surface area contributed by atoms with Gasteiger partial charge in [-0.05, 0) is 43.9 Å². The summed E-state index contributed by atoms with van der Waals surface area (Å²) in [6, 6.07) is 0.758. The molecule has 0 radical (unpaired) electrons. The van der Waals surface area contributed by atoms with E-state index in [0.29, 0.717) is 30.3 Å². The van der Waals surface area contributed by atoms with Crippen molar-refractivity contribution in [3.63, 3.8) is 0 Å². The van der Waals surface area contributed by atoms with E-state index in [1.807, 2.05) is 0 Å². The summed E-state index contributed by atoms with van der Waals surface area (Å²) in [5.74, 6) is 1.49. The van der Waals surface area contributed by atoms with E-state index in [-0.39, 0.29) is 5.91 Å². The number of hydrogen-bond donors (Lipinski definition) is 2. The molecule has 3 N–H and O–H groups in total. The minimum atomic E-state index is 0.268. The van der Waals surface area contributed by atoms with Crippen molar-refractivity contribution in [1.29, 1.82) is 0 Å². The fraction of sp³-hybridized carbons (Fsp3) is 0.938. The largest absolute Gasteiger partial charge is 0.353 e. The van der Waals surface area contributed by atoms with Crippen LogP contribution in [0.4, 0.5) is 0 Å². The van der Waals surface area contributed by atoms with Crippen LogP contribution in [0.1, 0.15) is 71.1 Å². The molecule has 0 spiro atoms. The third kappa shape index (κ3) is 4.48. The van der Waals surface area contributed by atoms with Crippen molar-refractivity contribution < 1.29 is 4.79 Å². The zero-order valence-electron chi connectivity index (χ0n) is 12.4. The Bertz CT molecular complexity index is 292. The smallest absolute Gasteiger partial charge is 0.220 e. The average molecular weight is 266 g/mol. The molecule has 0 aromatic rings. The van der Waals surface area contributed by atoms with Crippen LogP contribution in [0.3, 0.4) is 0 Å². The number of amides is 1. The van der Waals surface area contributed by atoms with Crippen molar-refractivity contribution in [1.82, 2.24) is 5.32 Å². The van der Waals surface area contributed by atoms with Crippen molar-refractivity contribution in [3.8, 4) is 0 Å². The molecule has 2 aliphatic rings. The molecule has 2 saturated carbocycles. The molecule has 4 unspecified atom stereocenters. The van der Waals surface area contributed by atoms with Crippen molar-refractivity contribution in [2.45, 2.75) is 83.2 Å². The van der Waals surface area contributed by atoms with Crippen LogP contribution in [0.25, 0.3) is 0 Å². The number of carbonyl (C=O) groups excluding carboxylic acids is 1. The quantitative estimate of drug-likeness (QED) is 0.822. The standard InChI is InChI=1S/C16H30N2O/c1-2-13-7-3-4-9-15(13)18-16(19)11-12-6-5-8-14(17)10-12/h12-15H,2-11,17H2,1H3,(H,18,19). The number of carbonyl (C=O) groups is 1. The van der Waals surface area contributed by atoms with Gasteiger partial charge in [-0.25, -0.2) is 0 Å². The van der Waals surface area contributed by atoms with Crippen LogP contribution < -0.4 is 11.1 Å². The van der Waals surface area contributed by atoms with E-state index < -0.39 is 0 Å². The fourth-order valence-corrected chi connectivity index (χ4v) is 3.93. The predicted molar refractivity (Wildman–Crippen MR) is 78.7 cm³/mol. The molecular formula is C16H30N2O. The maximum absolute atomic E-state index is 12.2. The van der Waals surface area contributed by atoms with Crippen LogP contribution in [0.15, 0.2) is 0 Å². The van der Waals surface area contributed by atoms with Gasteiger partial charge in [0, 0.05) is 18.5 Å². The van der Waals surface area contributed by atoms with Crippen molar-refractivity contribution in [2.24, 2.45) is 17.6 Å². The van der Waals surface area contributed by atoms with Crippen LogP contribution in [0.5, 0.6) is 0 Å². The normalized spacial score (nSPS) is 35.9. The molecule has 1 amide bonds. The van der Waals surface area contributed by atoms with Gasteiger partial charge >= 0.3 is 0 Å². The van der Waals surface area contributed by atoms with Gasteiger partial charge in [0.2, 0.25) is 5.91 Å². The molecule has 0 heterocycles. The van der Waals surface area contributed by atoms with E-state index in [2.05, 4.69) is 12.2 Å². The number of hydrogen-bond acceptors (Lipinski definition) is 2. The maximum atomic E-state index is 12.2. The predicted octanol–water partition coefficient (Wildman–Crippen LogP) is 2.98. The topological polar surface area (TPSA) is 55.1 Å². The number of rotatable bonds is 4. The third-order valence-electron chi connectivity index (χ3n) is 5.08. The second-order valence-electron chi connectivity index (χ2n) is 6.62. The van der Waals surface area contributed by atoms with Crippen LogP contribution >= 0.6 is 0 Å². The first-order chi connectivity index (χ1) is 9.19. The Morgan fingerprint density at radius 1 is 1.16 bits per heavy atom. The molecule has 2 fully saturated rings. The van der Waals surface area contributed by atoms with Crippen molar-refractivity contribution >= 4 is 5.91 Å². The van der Waals surface area contributed by atoms with Gasteiger partial charge in [-0.3, -0.25) is 4.79 Å². The van der Waals surface area contributed by atoms with Gasteiger partial charge in [-0.2, -0.15) is 0 Å². The van der Waals surface area contributed by atoms with Crippen molar-refractivity contribution in [3.05, 3.63) is 0 Å². The average Bonchev–Trinajstić information content (AvgIpc) is 2.39. The van der Waals surface area contributed by atoms with Gasteiger partial charge in [0.15, 0.2) is 0 Å². The molecule has 110 valence electrons. The Balaban J connectivity index is 1.76. The highest BCUT2D eigenvalue weighted by Gasteiger charge is 2.27. The fourth-order valence-electron chi connectivity index (χ4n) is 3.93. The number of nitrogens with one attached hydrogen (secondary N) is 1. The van der Waals surface area contributed by atoms with Crippen LogP contribution in [-0.4, -0.2) is 18.0 Å². The zero-order chi connectivity index (χ0) is 13.7. The highest BCUT2D eigenvalue weighted by atomic mass is 16.1. The summed E-state index contributed by atoms with van der Waals surface area (Å²) in [7, 11) is 0. The van der Waals surface area contributed by atoms with E-state index in [4.69, 9.17) is 5.73 Å². The molecule has 0 saturated heterocycles. The molecule has 3 heteroatoms. The second-order valence-corrected chi connectivity index (χ2v) is 6.62. The second kappa shape index (κ2) is 7.28. The monoisotopic (exact) mass is 266 g/mol. The summed E-state index contributed by atoms with van der Waals surface area (Å²) in [5, 5.41) is 3.30. The third-order valence-corrected chi connectivity index (χ3v) is 5.08. The Kier molecular flexibility index (Phi) is 5.68. The van der Waals surface area contributed by atoms with Gasteiger partial charge in [0.1, 0.15) is 0 Å². The van der Waals surface area contributed by atoms with Gasteiger partial charge in [-0.15, -0.1) is 0 Å². The number of nitrogens with two attached hydrogens (primary N) is 1. The molecule has 0 aromatic carbocycles. The molecule has 2 aliphatic carbocycles. The van der Waals surface area contributed by atoms with Gasteiger partial charge in [0.25, 0.3) is 0 Å². The first-order valence-electron chi connectivity index (χ1n) is 8.24. The van der Waals surface area contributed by atoms with Gasteiger partial charge in [0.05, 0.1) is 0 Å². The summed E-state index contributed by atoms with van der Waals surface area (Å²) in [5.41, 5.74) is 6.00. The summed E-state index contributed by atoms with van der Waals surface area (Å²) >= 11 is 0. The highest BCUT2D eigenvalue weighted by molar-refractivity contribution is 5.76.